The van der Waals surface area contributed by atoms with Crippen LogP contribution in [0.3, 0.4) is 0 Å². The third-order valence-corrected chi connectivity index (χ3v) is 5.65. The van der Waals surface area contributed by atoms with E-state index in [0.29, 0.717) is 17.9 Å². The average Bonchev–Trinajstić information content (AvgIpc) is 3.20. The lowest BCUT2D eigenvalue weighted by atomic mass is 9.73. The highest BCUT2D eigenvalue weighted by Crippen LogP contribution is 2.40. The van der Waals surface area contributed by atoms with Crippen molar-refractivity contribution in [2.45, 2.75) is 50.9 Å². The molecule has 156 valence electrons. The third kappa shape index (κ3) is 5.17. The zero-order valence-corrected chi connectivity index (χ0v) is 17.2. The second-order valence-corrected chi connectivity index (χ2v) is 7.90. The van der Waals surface area contributed by atoms with E-state index in [1.165, 1.54) is 0 Å². The van der Waals surface area contributed by atoms with Crippen LogP contribution in [0.1, 0.15) is 49.2 Å². The molecule has 1 aromatic heterocycles. The van der Waals surface area contributed by atoms with Gasteiger partial charge in [0.2, 0.25) is 0 Å². The highest BCUT2D eigenvalue weighted by molar-refractivity contribution is 5.81. The SMILES string of the molecule is C=CCN(C)Cc1ccc(COC(=O)[C@@](O)(c2ccccc2)C2CCCCC2)o1. The molecule has 1 aliphatic carbocycles. The molecule has 0 aliphatic heterocycles. The van der Waals surface area contributed by atoms with Gasteiger partial charge in [0.05, 0.1) is 6.54 Å². The van der Waals surface area contributed by atoms with Gasteiger partial charge in [-0.2, -0.15) is 0 Å². The number of benzene rings is 1. The van der Waals surface area contributed by atoms with Crippen molar-refractivity contribution in [3.05, 3.63) is 72.2 Å². The molecule has 0 saturated heterocycles. The van der Waals surface area contributed by atoms with Gasteiger partial charge in [-0.3, -0.25) is 4.90 Å². The maximum atomic E-state index is 13.1. The van der Waals surface area contributed by atoms with Crippen LogP contribution < -0.4 is 0 Å². The summed E-state index contributed by atoms with van der Waals surface area (Å²) in [7, 11) is 1.98. The van der Waals surface area contributed by atoms with E-state index in [2.05, 4.69) is 11.5 Å². The molecule has 1 aliphatic rings. The van der Waals surface area contributed by atoms with Crippen LogP contribution in [0, 0.1) is 5.92 Å². The molecule has 5 nitrogen and oxygen atoms in total. The van der Waals surface area contributed by atoms with Crippen LogP contribution in [0.25, 0.3) is 0 Å². The Bertz CT molecular complexity index is 794. The number of esters is 1. The van der Waals surface area contributed by atoms with E-state index in [0.717, 1.165) is 44.4 Å². The minimum atomic E-state index is -1.62. The minimum absolute atomic E-state index is 0.00582. The van der Waals surface area contributed by atoms with Gasteiger partial charge in [0.15, 0.2) is 5.60 Å². The Morgan fingerprint density at radius 3 is 2.59 bits per heavy atom. The maximum Gasteiger partial charge on any atom is 0.343 e. The van der Waals surface area contributed by atoms with Crippen LogP contribution in [0.4, 0.5) is 0 Å². The van der Waals surface area contributed by atoms with E-state index < -0.39 is 11.6 Å². The topological polar surface area (TPSA) is 62.9 Å². The fraction of sp³-hybridized carbons (Fsp3) is 0.458. The number of aliphatic hydroxyl groups is 1. The lowest BCUT2D eigenvalue weighted by molar-refractivity contribution is -0.177. The molecular formula is C24H31NO4. The Balaban J connectivity index is 1.69. The van der Waals surface area contributed by atoms with Crippen molar-refractivity contribution >= 4 is 5.97 Å². The molecule has 0 bridgehead atoms. The number of nitrogens with zero attached hydrogens (tertiary/aromatic N) is 1. The zero-order chi connectivity index (χ0) is 20.7. The summed E-state index contributed by atoms with van der Waals surface area (Å²) >= 11 is 0. The zero-order valence-electron chi connectivity index (χ0n) is 17.2. The van der Waals surface area contributed by atoms with Gasteiger partial charge in [0.25, 0.3) is 0 Å². The van der Waals surface area contributed by atoms with Crippen LogP contribution in [0.2, 0.25) is 0 Å². The third-order valence-electron chi connectivity index (χ3n) is 5.65. The first-order chi connectivity index (χ1) is 14.0. The number of rotatable bonds is 9. The highest BCUT2D eigenvalue weighted by atomic mass is 16.6. The predicted octanol–water partition coefficient (Wildman–Crippen LogP) is 4.41. The van der Waals surface area contributed by atoms with Gasteiger partial charge in [-0.15, -0.1) is 6.58 Å². The number of hydrogen-bond donors (Lipinski definition) is 1. The fourth-order valence-electron chi connectivity index (χ4n) is 4.12. The normalized spacial score (nSPS) is 17.1. The maximum absolute atomic E-state index is 13.1. The largest absolute Gasteiger partial charge is 0.461 e. The predicted molar refractivity (Wildman–Crippen MR) is 112 cm³/mol. The van der Waals surface area contributed by atoms with Crippen LogP contribution in [-0.2, 0) is 28.3 Å². The molecular weight excluding hydrogens is 366 g/mol. The molecule has 3 rings (SSSR count). The van der Waals surface area contributed by atoms with Crippen LogP contribution in [0.15, 0.2) is 59.5 Å². The molecule has 0 amide bonds. The van der Waals surface area contributed by atoms with Gasteiger partial charge in [-0.1, -0.05) is 55.7 Å². The molecule has 29 heavy (non-hydrogen) atoms. The van der Waals surface area contributed by atoms with Crippen molar-refractivity contribution in [3.63, 3.8) is 0 Å². The van der Waals surface area contributed by atoms with Crippen molar-refractivity contribution in [2.24, 2.45) is 5.92 Å². The van der Waals surface area contributed by atoms with Gasteiger partial charge in [-0.25, -0.2) is 4.79 Å². The lowest BCUT2D eigenvalue weighted by Gasteiger charge is -2.36. The molecule has 1 heterocycles. The number of likely N-dealkylation sites (N-methyl/N-ethyl adjacent to an activating group) is 1. The second kappa shape index (κ2) is 9.90. The summed E-state index contributed by atoms with van der Waals surface area (Å²) in [4.78, 5) is 15.1. The number of carbonyl (C=O) groups excluding carboxylic acids is 1. The Labute approximate surface area is 173 Å². The number of carbonyl (C=O) groups is 1. The van der Waals surface area contributed by atoms with Gasteiger partial charge < -0.3 is 14.3 Å². The summed E-state index contributed by atoms with van der Waals surface area (Å²) in [5.74, 6) is 0.633. The summed E-state index contributed by atoms with van der Waals surface area (Å²) < 4.78 is 11.3. The van der Waals surface area contributed by atoms with Crippen LogP contribution in [-0.4, -0.2) is 29.6 Å². The summed E-state index contributed by atoms with van der Waals surface area (Å²) in [6.45, 7) is 5.14. The first kappa shape index (κ1) is 21.3. The van der Waals surface area contributed by atoms with Crippen molar-refractivity contribution in [1.82, 2.24) is 4.90 Å². The Kier molecular flexibility index (Phi) is 7.29. The second-order valence-electron chi connectivity index (χ2n) is 7.90. The number of furan rings is 1. The molecule has 1 fully saturated rings. The van der Waals surface area contributed by atoms with E-state index >= 15 is 0 Å². The monoisotopic (exact) mass is 397 g/mol. The van der Waals surface area contributed by atoms with Gasteiger partial charge in [0, 0.05) is 12.5 Å². The molecule has 0 unspecified atom stereocenters. The van der Waals surface area contributed by atoms with Crippen LogP contribution >= 0.6 is 0 Å². The minimum Gasteiger partial charge on any atom is -0.461 e. The van der Waals surface area contributed by atoms with E-state index in [1.54, 1.807) is 12.1 Å². The number of hydrogen-bond acceptors (Lipinski definition) is 5. The molecule has 2 aromatic rings. The molecule has 1 saturated carbocycles. The van der Waals surface area contributed by atoms with Crippen molar-refractivity contribution in [3.8, 4) is 0 Å². The summed E-state index contributed by atoms with van der Waals surface area (Å²) in [6, 6.07) is 12.9. The quantitative estimate of drug-likeness (QED) is 0.502. The Hall–Kier alpha value is -2.37. The van der Waals surface area contributed by atoms with E-state index in [4.69, 9.17) is 9.15 Å². The summed E-state index contributed by atoms with van der Waals surface area (Å²) in [6.07, 6.45) is 6.66. The Morgan fingerprint density at radius 1 is 1.21 bits per heavy atom. The smallest absolute Gasteiger partial charge is 0.343 e. The molecule has 1 atom stereocenters. The van der Waals surface area contributed by atoms with E-state index in [1.807, 2.05) is 43.5 Å². The Morgan fingerprint density at radius 2 is 1.90 bits per heavy atom. The van der Waals surface area contributed by atoms with Crippen molar-refractivity contribution in [1.29, 1.82) is 0 Å². The van der Waals surface area contributed by atoms with E-state index in [9.17, 15) is 9.90 Å². The van der Waals surface area contributed by atoms with Crippen LogP contribution in [0.5, 0.6) is 0 Å². The molecule has 0 radical (unpaired) electrons. The molecule has 5 heteroatoms. The molecule has 1 aromatic carbocycles. The summed E-state index contributed by atoms with van der Waals surface area (Å²) in [5.41, 5.74) is -1.02. The summed E-state index contributed by atoms with van der Waals surface area (Å²) in [5, 5.41) is 11.5. The molecule has 0 spiro atoms. The van der Waals surface area contributed by atoms with Gasteiger partial charge >= 0.3 is 5.97 Å². The highest BCUT2D eigenvalue weighted by Gasteiger charge is 2.47. The fourth-order valence-corrected chi connectivity index (χ4v) is 4.12. The average molecular weight is 398 g/mol. The van der Waals surface area contributed by atoms with Gasteiger partial charge in [0.1, 0.15) is 18.1 Å². The first-order valence-electron chi connectivity index (χ1n) is 10.4. The first-order valence-corrected chi connectivity index (χ1v) is 10.4. The van der Waals surface area contributed by atoms with Crippen molar-refractivity contribution in [2.75, 3.05) is 13.6 Å². The molecule has 1 N–H and O–H groups in total. The van der Waals surface area contributed by atoms with Crippen molar-refractivity contribution < 1.29 is 19.1 Å². The number of ether oxygens (including phenoxy) is 1. The lowest BCUT2D eigenvalue weighted by Crippen LogP contribution is -2.45. The van der Waals surface area contributed by atoms with E-state index in [-0.39, 0.29) is 12.5 Å². The van der Waals surface area contributed by atoms with Gasteiger partial charge in [-0.05, 0) is 37.6 Å². The standard InChI is InChI=1S/C24H31NO4/c1-3-16-25(2)17-21-14-15-22(29-21)18-28-23(26)24(27,19-10-6-4-7-11-19)20-12-8-5-9-13-20/h3-4,6-7,10-11,14-15,20,27H,1,5,8-9,12-13,16-18H2,2H3/t24-/m1/s1.